The van der Waals surface area contributed by atoms with Crippen molar-refractivity contribution < 1.29 is 0 Å². The van der Waals surface area contributed by atoms with Crippen molar-refractivity contribution in [1.82, 2.24) is 10.3 Å². The molecule has 3 rings (SSSR count). The van der Waals surface area contributed by atoms with E-state index in [1.165, 1.54) is 35.4 Å². The third-order valence-electron chi connectivity index (χ3n) is 4.85. The molecule has 0 saturated carbocycles. The minimum atomic E-state index is 0.348. The molecule has 2 aliphatic heterocycles. The number of nitrogens with one attached hydrogen (secondary N) is 1. The van der Waals surface area contributed by atoms with Crippen LogP contribution in [0.2, 0.25) is 0 Å². The number of thiophene rings is 1. The number of nitrogens with zero attached hydrogens (tertiary/aromatic N) is 1. The van der Waals surface area contributed by atoms with E-state index in [0.717, 1.165) is 12.1 Å². The third kappa shape index (κ3) is 2.11. The van der Waals surface area contributed by atoms with Gasteiger partial charge in [0.2, 0.25) is 0 Å². The Bertz CT molecular complexity index is 403. The van der Waals surface area contributed by atoms with Crippen LogP contribution in [0.4, 0.5) is 0 Å². The van der Waals surface area contributed by atoms with Gasteiger partial charge in [0, 0.05) is 21.8 Å². The van der Waals surface area contributed by atoms with E-state index in [9.17, 15) is 0 Å². The second-order valence-electron chi connectivity index (χ2n) is 5.87. The molecule has 0 amide bonds. The monoisotopic (exact) mass is 265 g/mol. The zero-order valence-electron chi connectivity index (χ0n) is 11.2. The van der Waals surface area contributed by atoms with Crippen LogP contribution in [0, 0.1) is 12.8 Å². The summed E-state index contributed by atoms with van der Waals surface area (Å²) in [4.78, 5) is 5.37. The zero-order valence-corrected chi connectivity index (χ0v) is 12.0. The number of rotatable bonds is 3. The molecule has 1 aromatic heterocycles. The number of nitrogens with two attached hydrogens (primary N) is 1. The van der Waals surface area contributed by atoms with Crippen LogP contribution in [-0.2, 0) is 0 Å². The maximum absolute atomic E-state index is 5.83. The van der Waals surface area contributed by atoms with Crippen LogP contribution in [0.15, 0.2) is 12.1 Å². The topological polar surface area (TPSA) is 41.3 Å². The SMILES string of the molecule is Cc1ccc(C(NN)C2CC3CCC(C2)N3C)s1. The minimum absolute atomic E-state index is 0.348. The van der Waals surface area contributed by atoms with Gasteiger partial charge in [-0.05, 0) is 57.7 Å². The molecular weight excluding hydrogens is 242 g/mol. The number of aryl methyl sites for hydroxylation is 1. The Morgan fingerprint density at radius 3 is 2.50 bits per heavy atom. The van der Waals surface area contributed by atoms with Crippen LogP contribution in [0.3, 0.4) is 0 Å². The average molecular weight is 265 g/mol. The Balaban J connectivity index is 1.77. The molecule has 2 bridgehead atoms. The van der Waals surface area contributed by atoms with Crippen molar-refractivity contribution in [3.8, 4) is 0 Å². The highest BCUT2D eigenvalue weighted by atomic mass is 32.1. The summed E-state index contributed by atoms with van der Waals surface area (Å²) in [6.45, 7) is 2.17. The number of hydrazine groups is 1. The van der Waals surface area contributed by atoms with Gasteiger partial charge in [-0.15, -0.1) is 11.3 Å². The molecule has 0 aliphatic carbocycles. The smallest absolute Gasteiger partial charge is 0.0582 e. The van der Waals surface area contributed by atoms with Gasteiger partial charge in [-0.3, -0.25) is 11.3 Å². The van der Waals surface area contributed by atoms with Crippen LogP contribution < -0.4 is 11.3 Å². The Kier molecular flexibility index (Phi) is 3.45. The van der Waals surface area contributed by atoms with E-state index in [4.69, 9.17) is 5.84 Å². The highest BCUT2D eigenvalue weighted by Crippen LogP contribution is 2.43. The van der Waals surface area contributed by atoms with Crippen LogP contribution in [0.1, 0.15) is 41.5 Å². The van der Waals surface area contributed by atoms with Gasteiger partial charge in [0.05, 0.1) is 6.04 Å². The molecular formula is C14H23N3S. The van der Waals surface area contributed by atoms with Gasteiger partial charge in [0.25, 0.3) is 0 Å². The van der Waals surface area contributed by atoms with Crippen molar-refractivity contribution in [1.29, 1.82) is 0 Å². The van der Waals surface area contributed by atoms with Crippen LogP contribution in [0.5, 0.6) is 0 Å². The Morgan fingerprint density at radius 1 is 1.33 bits per heavy atom. The highest BCUT2D eigenvalue weighted by Gasteiger charge is 2.41. The molecule has 2 aliphatic rings. The Labute approximate surface area is 113 Å². The molecule has 100 valence electrons. The van der Waals surface area contributed by atoms with Gasteiger partial charge >= 0.3 is 0 Å². The van der Waals surface area contributed by atoms with Gasteiger partial charge in [-0.2, -0.15) is 0 Å². The summed E-state index contributed by atoms with van der Waals surface area (Å²) in [5.41, 5.74) is 3.08. The number of hydrogen-bond acceptors (Lipinski definition) is 4. The first-order chi connectivity index (χ1) is 8.69. The van der Waals surface area contributed by atoms with Crippen molar-refractivity contribution in [2.45, 2.75) is 50.7 Å². The molecule has 0 radical (unpaired) electrons. The molecule has 3 unspecified atom stereocenters. The fraction of sp³-hybridized carbons (Fsp3) is 0.714. The van der Waals surface area contributed by atoms with Crippen molar-refractivity contribution in [3.63, 3.8) is 0 Å². The normalized spacial score (nSPS) is 33.8. The largest absolute Gasteiger partial charge is 0.300 e. The fourth-order valence-corrected chi connectivity index (χ4v) is 4.83. The molecule has 3 atom stereocenters. The predicted octanol–water partition coefficient (Wildman–Crippen LogP) is 2.43. The summed E-state index contributed by atoms with van der Waals surface area (Å²) in [6, 6.07) is 6.36. The van der Waals surface area contributed by atoms with E-state index in [0.29, 0.717) is 12.0 Å². The molecule has 3 N–H and O–H groups in total. The predicted molar refractivity (Wildman–Crippen MR) is 76.4 cm³/mol. The molecule has 2 fully saturated rings. The molecule has 4 heteroatoms. The van der Waals surface area contributed by atoms with Gasteiger partial charge in [-0.1, -0.05) is 0 Å². The first kappa shape index (κ1) is 12.6. The van der Waals surface area contributed by atoms with Crippen LogP contribution in [0.25, 0.3) is 0 Å². The fourth-order valence-electron chi connectivity index (χ4n) is 3.80. The summed E-state index contributed by atoms with van der Waals surface area (Å²) >= 11 is 1.88. The second kappa shape index (κ2) is 4.93. The lowest BCUT2D eigenvalue weighted by Gasteiger charge is -2.39. The second-order valence-corrected chi connectivity index (χ2v) is 7.19. The van der Waals surface area contributed by atoms with Crippen LogP contribution in [-0.4, -0.2) is 24.0 Å². The average Bonchev–Trinajstić information content (AvgIpc) is 2.83. The quantitative estimate of drug-likeness (QED) is 0.651. The highest BCUT2D eigenvalue weighted by molar-refractivity contribution is 7.12. The zero-order chi connectivity index (χ0) is 12.7. The van der Waals surface area contributed by atoms with E-state index in [1.807, 2.05) is 11.3 Å². The summed E-state index contributed by atoms with van der Waals surface area (Å²) in [5, 5.41) is 0. The number of piperidine rings is 1. The third-order valence-corrected chi connectivity index (χ3v) is 5.94. The lowest BCUT2D eigenvalue weighted by molar-refractivity contribution is 0.113. The molecule has 3 heterocycles. The van der Waals surface area contributed by atoms with Gasteiger partial charge < -0.3 is 4.90 Å². The van der Waals surface area contributed by atoms with E-state index in [-0.39, 0.29) is 0 Å². The van der Waals surface area contributed by atoms with Crippen molar-refractivity contribution in [3.05, 3.63) is 21.9 Å². The van der Waals surface area contributed by atoms with Crippen LogP contribution >= 0.6 is 11.3 Å². The summed E-state index contributed by atoms with van der Waals surface area (Å²) in [7, 11) is 2.29. The molecule has 1 aromatic rings. The van der Waals surface area contributed by atoms with Crippen molar-refractivity contribution in [2.75, 3.05) is 7.05 Å². The van der Waals surface area contributed by atoms with E-state index >= 15 is 0 Å². The van der Waals surface area contributed by atoms with E-state index in [2.05, 4.69) is 36.4 Å². The Morgan fingerprint density at radius 2 is 2.00 bits per heavy atom. The molecule has 0 spiro atoms. The maximum atomic E-state index is 5.83. The van der Waals surface area contributed by atoms with Crippen molar-refractivity contribution in [2.24, 2.45) is 11.8 Å². The first-order valence-corrected chi connectivity index (χ1v) is 7.75. The van der Waals surface area contributed by atoms with Crippen molar-refractivity contribution >= 4 is 11.3 Å². The molecule has 18 heavy (non-hydrogen) atoms. The first-order valence-electron chi connectivity index (χ1n) is 6.93. The number of fused-ring (bicyclic) bond motifs is 2. The summed E-state index contributed by atoms with van der Waals surface area (Å²) in [5.74, 6) is 6.53. The molecule has 2 saturated heterocycles. The minimum Gasteiger partial charge on any atom is -0.300 e. The lowest BCUT2D eigenvalue weighted by Crippen LogP contribution is -2.44. The molecule has 3 nitrogen and oxygen atoms in total. The van der Waals surface area contributed by atoms with Gasteiger partial charge in [0.15, 0.2) is 0 Å². The summed E-state index contributed by atoms with van der Waals surface area (Å²) in [6.07, 6.45) is 5.33. The Hall–Kier alpha value is -0.420. The van der Waals surface area contributed by atoms with E-state index in [1.54, 1.807) is 0 Å². The van der Waals surface area contributed by atoms with Gasteiger partial charge in [0.1, 0.15) is 0 Å². The van der Waals surface area contributed by atoms with Gasteiger partial charge in [-0.25, -0.2) is 0 Å². The maximum Gasteiger partial charge on any atom is 0.0582 e. The van der Waals surface area contributed by atoms with E-state index < -0.39 is 0 Å². The summed E-state index contributed by atoms with van der Waals surface area (Å²) < 4.78 is 0. The number of hydrogen-bond donors (Lipinski definition) is 2. The standard InChI is InChI=1S/C14H23N3S/c1-9-3-6-13(18-9)14(16-15)10-7-11-4-5-12(8-10)17(11)2/h3,6,10-12,14,16H,4-5,7-8,15H2,1-2H3. The molecule has 0 aromatic carbocycles. The lowest BCUT2D eigenvalue weighted by atomic mass is 9.85.